The summed E-state index contributed by atoms with van der Waals surface area (Å²) in [6.07, 6.45) is 0. The molecule has 20 heavy (non-hydrogen) atoms. The molecule has 0 saturated heterocycles. The number of ketones is 1. The Kier molecular flexibility index (Phi) is 2.36. The smallest absolute Gasteiger partial charge is 0.204 e. The molecule has 0 radical (unpaired) electrons. The normalized spacial score (nSPS) is 13.3. The lowest BCUT2D eigenvalue weighted by molar-refractivity contribution is 0.0962. The fraction of sp³-hybridized carbons (Fsp3) is 0.0556. The maximum Gasteiger partial charge on any atom is 0.204 e. The first-order chi connectivity index (χ1) is 9.84. The number of Topliss-reactive ketones (excluding diaryl/α,β-unsaturated/α-hetero) is 1. The predicted molar refractivity (Wildman–Crippen MR) is 79.2 cm³/mol. The molecule has 1 aliphatic rings. The summed E-state index contributed by atoms with van der Waals surface area (Å²) >= 11 is 0. The number of hydrogen-bond acceptors (Lipinski definition) is 2. The lowest BCUT2D eigenvalue weighted by Crippen LogP contribution is -1.99. The second-order valence-corrected chi connectivity index (χ2v) is 4.93. The van der Waals surface area contributed by atoms with E-state index in [1.165, 1.54) is 0 Å². The van der Waals surface area contributed by atoms with Gasteiger partial charge < -0.3 is 4.74 Å². The molecule has 2 heteroatoms. The van der Waals surface area contributed by atoms with Crippen molar-refractivity contribution in [1.82, 2.24) is 0 Å². The van der Waals surface area contributed by atoms with Crippen molar-refractivity contribution in [3.63, 3.8) is 0 Å². The SMILES string of the molecule is O=C1COc2c(-c3ccccc3)cc3ccccc3c21. The number of fused-ring (bicyclic) bond motifs is 3. The Balaban J connectivity index is 2.11. The Morgan fingerprint density at radius 3 is 2.50 bits per heavy atom. The first-order valence-electron chi connectivity index (χ1n) is 6.62. The summed E-state index contributed by atoms with van der Waals surface area (Å²) < 4.78 is 5.65. The van der Waals surface area contributed by atoms with E-state index >= 15 is 0 Å². The molecule has 0 atom stereocenters. The van der Waals surface area contributed by atoms with Gasteiger partial charge in [0.2, 0.25) is 5.78 Å². The average Bonchev–Trinajstić information content (AvgIpc) is 2.90. The van der Waals surface area contributed by atoms with Crippen molar-refractivity contribution < 1.29 is 9.53 Å². The molecular formula is C18H12O2. The summed E-state index contributed by atoms with van der Waals surface area (Å²) in [6.45, 7) is 0.142. The first kappa shape index (κ1) is 11.2. The third-order valence-corrected chi connectivity index (χ3v) is 3.71. The highest BCUT2D eigenvalue weighted by Gasteiger charge is 2.27. The standard InChI is InChI=1S/C18H12O2/c19-16-11-20-18-15(12-6-2-1-3-7-12)10-13-8-4-5-9-14(13)17(16)18/h1-10H,11H2. The van der Waals surface area contributed by atoms with Crippen LogP contribution in [0.1, 0.15) is 10.4 Å². The van der Waals surface area contributed by atoms with Gasteiger partial charge in [0.05, 0.1) is 5.56 Å². The second-order valence-electron chi connectivity index (χ2n) is 4.93. The minimum absolute atomic E-state index is 0.0639. The number of rotatable bonds is 1. The van der Waals surface area contributed by atoms with Gasteiger partial charge in [-0.3, -0.25) is 4.79 Å². The van der Waals surface area contributed by atoms with Crippen LogP contribution in [0, 0.1) is 0 Å². The molecule has 3 aromatic rings. The molecule has 0 saturated carbocycles. The molecule has 2 nitrogen and oxygen atoms in total. The maximum absolute atomic E-state index is 12.1. The lowest BCUT2D eigenvalue weighted by atomic mass is 9.95. The average molecular weight is 260 g/mol. The fourth-order valence-electron chi connectivity index (χ4n) is 2.80. The van der Waals surface area contributed by atoms with Crippen molar-refractivity contribution in [3.05, 3.63) is 66.2 Å². The Morgan fingerprint density at radius 2 is 1.65 bits per heavy atom. The molecule has 0 aromatic heterocycles. The number of carbonyl (C=O) groups excluding carboxylic acids is 1. The summed E-state index contributed by atoms with van der Waals surface area (Å²) in [7, 11) is 0. The van der Waals surface area contributed by atoms with E-state index in [1.807, 2.05) is 54.6 Å². The van der Waals surface area contributed by atoms with E-state index < -0.39 is 0 Å². The highest BCUT2D eigenvalue weighted by atomic mass is 16.5. The van der Waals surface area contributed by atoms with Gasteiger partial charge in [0, 0.05) is 5.56 Å². The van der Waals surface area contributed by atoms with E-state index in [-0.39, 0.29) is 12.4 Å². The third-order valence-electron chi connectivity index (χ3n) is 3.71. The van der Waals surface area contributed by atoms with Crippen LogP contribution in [-0.4, -0.2) is 12.4 Å². The monoisotopic (exact) mass is 260 g/mol. The number of ether oxygens (including phenoxy) is 1. The van der Waals surface area contributed by atoms with Gasteiger partial charge in [-0.15, -0.1) is 0 Å². The molecule has 0 fully saturated rings. The van der Waals surface area contributed by atoms with E-state index in [9.17, 15) is 4.79 Å². The molecule has 4 rings (SSSR count). The Hall–Kier alpha value is -2.61. The van der Waals surface area contributed by atoms with E-state index in [0.717, 1.165) is 33.2 Å². The molecule has 0 aliphatic carbocycles. The van der Waals surface area contributed by atoms with Gasteiger partial charge >= 0.3 is 0 Å². The highest BCUT2D eigenvalue weighted by molar-refractivity contribution is 6.15. The molecule has 1 aliphatic heterocycles. The Labute approximate surface area is 116 Å². The van der Waals surface area contributed by atoms with Gasteiger partial charge in [0.25, 0.3) is 0 Å². The topological polar surface area (TPSA) is 26.3 Å². The van der Waals surface area contributed by atoms with Crippen LogP contribution in [0.25, 0.3) is 21.9 Å². The van der Waals surface area contributed by atoms with Crippen LogP contribution in [0.2, 0.25) is 0 Å². The maximum atomic E-state index is 12.1. The van der Waals surface area contributed by atoms with Gasteiger partial charge in [0.1, 0.15) is 5.75 Å². The van der Waals surface area contributed by atoms with Crippen LogP contribution in [-0.2, 0) is 0 Å². The van der Waals surface area contributed by atoms with Crippen molar-refractivity contribution in [1.29, 1.82) is 0 Å². The van der Waals surface area contributed by atoms with Gasteiger partial charge in [-0.25, -0.2) is 0 Å². The van der Waals surface area contributed by atoms with Crippen LogP contribution < -0.4 is 4.74 Å². The first-order valence-corrected chi connectivity index (χ1v) is 6.62. The molecular weight excluding hydrogens is 248 g/mol. The summed E-state index contributed by atoms with van der Waals surface area (Å²) in [4.78, 5) is 12.1. The van der Waals surface area contributed by atoms with Crippen molar-refractivity contribution in [3.8, 4) is 16.9 Å². The van der Waals surface area contributed by atoms with E-state index in [4.69, 9.17) is 4.74 Å². The molecule has 0 unspecified atom stereocenters. The van der Waals surface area contributed by atoms with Crippen molar-refractivity contribution >= 4 is 16.6 Å². The quantitative estimate of drug-likeness (QED) is 0.659. The van der Waals surface area contributed by atoms with E-state index in [2.05, 4.69) is 6.07 Å². The van der Waals surface area contributed by atoms with Crippen molar-refractivity contribution in [2.24, 2.45) is 0 Å². The van der Waals surface area contributed by atoms with E-state index in [1.54, 1.807) is 0 Å². The zero-order valence-electron chi connectivity index (χ0n) is 10.8. The van der Waals surface area contributed by atoms with Gasteiger partial charge in [-0.1, -0.05) is 54.6 Å². The molecule has 0 N–H and O–H groups in total. The van der Waals surface area contributed by atoms with Crippen LogP contribution in [0.4, 0.5) is 0 Å². The van der Waals surface area contributed by atoms with Crippen molar-refractivity contribution in [2.75, 3.05) is 6.61 Å². The van der Waals surface area contributed by atoms with Gasteiger partial charge in [0.15, 0.2) is 6.61 Å². The number of benzene rings is 3. The molecule has 0 amide bonds. The van der Waals surface area contributed by atoms with Gasteiger partial charge in [-0.05, 0) is 22.4 Å². The van der Waals surface area contributed by atoms with Gasteiger partial charge in [-0.2, -0.15) is 0 Å². The van der Waals surface area contributed by atoms with Crippen molar-refractivity contribution in [2.45, 2.75) is 0 Å². The molecule has 1 heterocycles. The molecule has 96 valence electrons. The highest BCUT2D eigenvalue weighted by Crippen LogP contribution is 2.41. The van der Waals surface area contributed by atoms with Crippen LogP contribution in [0.15, 0.2) is 60.7 Å². The van der Waals surface area contributed by atoms with E-state index in [0.29, 0.717) is 0 Å². The van der Waals surface area contributed by atoms with Crippen LogP contribution in [0.5, 0.6) is 5.75 Å². The van der Waals surface area contributed by atoms with Crippen LogP contribution >= 0.6 is 0 Å². The summed E-state index contributed by atoms with van der Waals surface area (Å²) in [6, 6.07) is 20.1. The zero-order valence-corrected chi connectivity index (χ0v) is 10.8. The Bertz CT molecular complexity index is 819. The second kappa shape index (κ2) is 4.20. The molecule has 0 bridgehead atoms. The Morgan fingerprint density at radius 1 is 0.900 bits per heavy atom. The number of carbonyl (C=O) groups is 1. The largest absolute Gasteiger partial charge is 0.484 e. The minimum atomic E-state index is 0.0639. The fourth-order valence-corrected chi connectivity index (χ4v) is 2.80. The summed E-state index contributed by atoms with van der Waals surface area (Å²) in [5.41, 5.74) is 2.79. The molecule has 3 aromatic carbocycles. The molecule has 0 spiro atoms. The zero-order chi connectivity index (χ0) is 13.5. The summed E-state index contributed by atoms with van der Waals surface area (Å²) in [5, 5.41) is 2.05. The number of hydrogen-bond donors (Lipinski definition) is 0. The lowest BCUT2D eigenvalue weighted by Gasteiger charge is -2.10. The summed E-state index contributed by atoms with van der Waals surface area (Å²) in [5.74, 6) is 0.786. The van der Waals surface area contributed by atoms with Crippen LogP contribution in [0.3, 0.4) is 0 Å². The predicted octanol–water partition coefficient (Wildman–Crippen LogP) is 4.08. The third kappa shape index (κ3) is 1.55. The minimum Gasteiger partial charge on any atom is -0.484 e.